The van der Waals surface area contributed by atoms with E-state index in [1.165, 1.54) is 42.5 Å². The Balaban J connectivity index is 1.92. The summed E-state index contributed by atoms with van der Waals surface area (Å²) in [5.74, 6) is -0.791. The number of hydrogen-bond donors (Lipinski definition) is 1. The fourth-order valence-corrected chi connectivity index (χ4v) is 4.68. The average Bonchev–Trinajstić information content (AvgIpc) is 2.74. The first-order valence-electron chi connectivity index (χ1n) is 8.99. The van der Waals surface area contributed by atoms with Crippen LogP contribution in [0.2, 0.25) is 10.0 Å². The average molecular weight is 503 g/mol. The molecule has 0 aromatic heterocycles. The molecule has 0 aliphatic heterocycles. The second-order valence-corrected chi connectivity index (χ2v) is 9.17. The number of carbonyl (C=O) groups excluding carboxylic acids is 1. The van der Waals surface area contributed by atoms with Gasteiger partial charge in [0.05, 0.1) is 26.2 Å². The van der Waals surface area contributed by atoms with Gasteiger partial charge in [0.15, 0.2) is 0 Å². The van der Waals surface area contributed by atoms with Gasteiger partial charge in [-0.25, -0.2) is 8.42 Å². The van der Waals surface area contributed by atoms with Crippen LogP contribution >= 0.6 is 23.2 Å². The van der Waals surface area contributed by atoms with Crippen molar-refractivity contribution in [3.63, 3.8) is 0 Å². The van der Waals surface area contributed by atoms with E-state index in [2.05, 4.69) is 5.32 Å². The normalized spacial score (nSPS) is 11.8. The molecule has 0 saturated heterocycles. The molecule has 0 bridgehead atoms. The summed E-state index contributed by atoms with van der Waals surface area (Å²) < 4.78 is 65.5. The molecule has 1 amide bonds. The first kappa shape index (κ1) is 23.9. The van der Waals surface area contributed by atoms with Crippen LogP contribution in [-0.4, -0.2) is 20.9 Å². The first-order chi connectivity index (χ1) is 15.0. The van der Waals surface area contributed by atoms with Crippen LogP contribution in [0, 0.1) is 0 Å². The van der Waals surface area contributed by atoms with Gasteiger partial charge in [0, 0.05) is 5.69 Å². The number of sulfonamides is 1. The highest BCUT2D eigenvalue weighted by atomic mass is 35.5. The number of hydrogen-bond acceptors (Lipinski definition) is 3. The minimum absolute atomic E-state index is 0.0226. The van der Waals surface area contributed by atoms with Gasteiger partial charge < -0.3 is 5.32 Å². The highest BCUT2D eigenvalue weighted by molar-refractivity contribution is 7.92. The second kappa shape index (κ2) is 9.40. The fraction of sp³-hybridized carbons (Fsp3) is 0.0952. The van der Waals surface area contributed by atoms with E-state index in [4.69, 9.17) is 23.2 Å². The molecule has 3 aromatic carbocycles. The summed E-state index contributed by atoms with van der Waals surface area (Å²) in [6.07, 6.45) is -4.52. The minimum Gasteiger partial charge on any atom is -0.325 e. The van der Waals surface area contributed by atoms with Crippen LogP contribution in [0.3, 0.4) is 0 Å². The fourth-order valence-electron chi connectivity index (χ4n) is 2.78. The molecule has 3 rings (SSSR count). The predicted molar refractivity (Wildman–Crippen MR) is 118 cm³/mol. The summed E-state index contributed by atoms with van der Waals surface area (Å²) in [5, 5.41) is 2.40. The van der Waals surface area contributed by atoms with E-state index in [1.54, 1.807) is 6.07 Å². The lowest BCUT2D eigenvalue weighted by molar-refractivity contribution is -0.137. The number of carbonyl (C=O) groups is 1. The summed E-state index contributed by atoms with van der Waals surface area (Å²) in [7, 11) is -4.23. The molecule has 0 atom stereocenters. The Morgan fingerprint density at radius 2 is 1.53 bits per heavy atom. The Morgan fingerprint density at radius 1 is 0.906 bits per heavy atom. The van der Waals surface area contributed by atoms with Gasteiger partial charge in [-0.2, -0.15) is 13.2 Å². The van der Waals surface area contributed by atoms with Crippen LogP contribution in [0.4, 0.5) is 24.5 Å². The summed E-state index contributed by atoms with van der Waals surface area (Å²) in [6.45, 7) is -0.696. The van der Waals surface area contributed by atoms with Gasteiger partial charge in [0.1, 0.15) is 6.54 Å². The number of amides is 1. The molecule has 0 heterocycles. The molecule has 1 N–H and O–H groups in total. The number of nitrogens with one attached hydrogen (secondary N) is 1. The molecular formula is C21H15Cl2F3N2O3S. The maximum atomic E-state index is 13.3. The second-order valence-electron chi connectivity index (χ2n) is 6.52. The minimum atomic E-state index is -4.52. The van der Waals surface area contributed by atoms with E-state index in [9.17, 15) is 26.4 Å². The van der Waals surface area contributed by atoms with Crippen LogP contribution in [-0.2, 0) is 21.0 Å². The number of halogens is 5. The Kier molecular flexibility index (Phi) is 7.02. The lowest BCUT2D eigenvalue weighted by Gasteiger charge is -2.25. The van der Waals surface area contributed by atoms with Gasteiger partial charge >= 0.3 is 6.18 Å². The van der Waals surface area contributed by atoms with E-state index in [-0.39, 0.29) is 26.3 Å². The third-order valence-electron chi connectivity index (χ3n) is 4.31. The van der Waals surface area contributed by atoms with Gasteiger partial charge in [-0.3, -0.25) is 9.10 Å². The van der Waals surface area contributed by atoms with Crippen molar-refractivity contribution in [1.82, 2.24) is 0 Å². The Bertz CT molecular complexity index is 1220. The molecule has 3 aromatic rings. The van der Waals surface area contributed by atoms with Crippen LogP contribution < -0.4 is 9.62 Å². The van der Waals surface area contributed by atoms with Crippen molar-refractivity contribution in [2.24, 2.45) is 0 Å². The number of alkyl halides is 3. The number of rotatable bonds is 6. The largest absolute Gasteiger partial charge is 0.416 e. The summed E-state index contributed by atoms with van der Waals surface area (Å²) >= 11 is 12.2. The summed E-state index contributed by atoms with van der Waals surface area (Å²) in [6, 6.07) is 15.5. The van der Waals surface area contributed by atoms with Crippen LogP contribution in [0.25, 0.3) is 0 Å². The van der Waals surface area contributed by atoms with Crippen molar-refractivity contribution < 1.29 is 26.4 Å². The van der Waals surface area contributed by atoms with Crippen LogP contribution in [0.1, 0.15) is 5.56 Å². The SMILES string of the molecule is O=C(CN(c1cccc(Cl)c1Cl)S(=O)(=O)c1ccccc1)Nc1ccc(C(F)(F)F)cc1. The standard InChI is InChI=1S/C21H15Cl2F3N2O3S/c22-17-7-4-8-18(20(17)23)28(32(30,31)16-5-2-1-3-6-16)13-19(29)27-15-11-9-14(10-12-15)21(24,25)26/h1-12H,13H2,(H,27,29). The molecule has 0 spiro atoms. The number of anilines is 2. The van der Waals surface area contributed by atoms with Crippen molar-refractivity contribution in [3.8, 4) is 0 Å². The molecule has 0 saturated carbocycles. The Hall–Kier alpha value is -2.75. The van der Waals surface area contributed by atoms with E-state index in [0.29, 0.717) is 0 Å². The van der Waals surface area contributed by atoms with Crippen molar-refractivity contribution in [1.29, 1.82) is 0 Å². The quantitative estimate of drug-likeness (QED) is 0.459. The molecular weight excluding hydrogens is 488 g/mol. The molecule has 11 heteroatoms. The van der Waals surface area contributed by atoms with E-state index in [0.717, 1.165) is 28.6 Å². The summed E-state index contributed by atoms with van der Waals surface area (Å²) in [4.78, 5) is 12.6. The Labute approximate surface area is 192 Å². The molecule has 5 nitrogen and oxygen atoms in total. The zero-order valence-electron chi connectivity index (χ0n) is 16.1. The van der Waals surface area contributed by atoms with E-state index in [1.807, 2.05) is 0 Å². The van der Waals surface area contributed by atoms with Gasteiger partial charge in [0.2, 0.25) is 5.91 Å². The maximum Gasteiger partial charge on any atom is 0.416 e. The summed E-state index contributed by atoms with van der Waals surface area (Å²) in [5.41, 5.74) is -0.836. The van der Waals surface area contributed by atoms with Gasteiger partial charge in [-0.1, -0.05) is 47.5 Å². The lowest BCUT2D eigenvalue weighted by atomic mass is 10.2. The highest BCUT2D eigenvalue weighted by Crippen LogP contribution is 2.35. The van der Waals surface area contributed by atoms with Crippen molar-refractivity contribution >= 4 is 50.5 Å². The highest BCUT2D eigenvalue weighted by Gasteiger charge is 2.31. The Morgan fingerprint density at radius 3 is 2.12 bits per heavy atom. The smallest absolute Gasteiger partial charge is 0.325 e. The molecule has 168 valence electrons. The van der Waals surface area contributed by atoms with Crippen molar-refractivity contribution in [2.75, 3.05) is 16.2 Å². The monoisotopic (exact) mass is 502 g/mol. The van der Waals surface area contributed by atoms with E-state index >= 15 is 0 Å². The topological polar surface area (TPSA) is 66.5 Å². The number of benzene rings is 3. The molecule has 0 aliphatic carbocycles. The third-order valence-corrected chi connectivity index (χ3v) is 6.90. The van der Waals surface area contributed by atoms with Crippen LogP contribution in [0.5, 0.6) is 0 Å². The van der Waals surface area contributed by atoms with Crippen molar-refractivity contribution in [2.45, 2.75) is 11.1 Å². The van der Waals surface area contributed by atoms with Gasteiger partial charge in [-0.15, -0.1) is 0 Å². The number of nitrogens with zero attached hydrogens (tertiary/aromatic N) is 1. The maximum absolute atomic E-state index is 13.3. The first-order valence-corrected chi connectivity index (χ1v) is 11.2. The van der Waals surface area contributed by atoms with Crippen LogP contribution in [0.15, 0.2) is 77.7 Å². The lowest BCUT2D eigenvalue weighted by Crippen LogP contribution is -2.38. The molecule has 0 aliphatic rings. The molecule has 0 fully saturated rings. The van der Waals surface area contributed by atoms with Crippen molar-refractivity contribution in [3.05, 3.63) is 88.4 Å². The molecule has 0 unspecified atom stereocenters. The third kappa shape index (κ3) is 5.35. The zero-order chi connectivity index (χ0) is 23.5. The molecule has 32 heavy (non-hydrogen) atoms. The zero-order valence-corrected chi connectivity index (χ0v) is 18.4. The van der Waals surface area contributed by atoms with E-state index < -0.39 is 34.2 Å². The van der Waals surface area contributed by atoms with Gasteiger partial charge in [0.25, 0.3) is 10.0 Å². The predicted octanol–water partition coefficient (Wildman–Crippen LogP) is 5.85. The van der Waals surface area contributed by atoms with Gasteiger partial charge in [-0.05, 0) is 48.5 Å². The molecule has 0 radical (unpaired) electrons.